The number of nitrogens with one attached hydrogen (secondary N) is 3. The van der Waals surface area contributed by atoms with E-state index in [4.69, 9.17) is 14.2 Å². The lowest BCUT2D eigenvalue weighted by molar-refractivity contribution is 0.125. The van der Waals surface area contributed by atoms with Gasteiger partial charge in [-0.15, -0.1) is 0 Å². The molecule has 6 heteroatoms. The van der Waals surface area contributed by atoms with Crippen LogP contribution in [0.15, 0.2) is 48.5 Å². The van der Waals surface area contributed by atoms with E-state index < -0.39 is 0 Å². The molecule has 0 aliphatic heterocycles. The molecule has 0 heterocycles. The Labute approximate surface area is 257 Å². The summed E-state index contributed by atoms with van der Waals surface area (Å²) in [5.74, 6) is 1.94. The monoisotopic (exact) mass is 583 g/mol. The maximum Gasteiger partial charge on any atom is 0.123 e. The minimum atomic E-state index is 0.872. The SMILES string of the molecule is COc1ccccc1CNCCCCCCNCCCCCCCCOCCCCCCNCc1ccccc1OC. The maximum atomic E-state index is 5.84. The largest absolute Gasteiger partial charge is 0.496 e. The van der Waals surface area contributed by atoms with Crippen LogP contribution in [0.5, 0.6) is 11.5 Å². The smallest absolute Gasteiger partial charge is 0.123 e. The van der Waals surface area contributed by atoms with E-state index in [1.807, 2.05) is 24.3 Å². The minimum absolute atomic E-state index is 0.872. The van der Waals surface area contributed by atoms with E-state index in [2.05, 4.69) is 40.2 Å². The van der Waals surface area contributed by atoms with Crippen LogP contribution in [0.4, 0.5) is 0 Å². The number of benzene rings is 2. The molecule has 0 saturated heterocycles. The van der Waals surface area contributed by atoms with E-state index >= 15 is 0 Å². The molecule has 42 heavy (non-hydrogen) atoms. The lowest BCUT2D eigenvalue weighted by Crippen LogP contribution is -2.17. The molecule has 0 spiro atoms. The van der Waals surface area contributed by atoms with Crippen LogP contribution in [0, 0.1) is 0 Å². The topological polar surface area (TPSA) is 63.8 Å². The van der Waals surface area contributed by atoms with Crippen molar-refractivity contribution >= 4 is 0 Å². The summed E-state index contributed by atoms with van der Waals surface area (Å²) in [7, 11) is 3.47. The van der Waals surface area contributed by atoms with Gasteiger partial charge in [0.05, 0.1) is 14.2 Å². The molecule has 0 aliphatic carbocycles. The molecule has 0 radical (unpaired) electrons. The summed E-state index contributed by atoms with van der Waals surface area (Å²) in [6.45, 7) is 8.06. The number of unbranched alkanes of at least 4 members (excludes halogenated alkanes) is 11. The summed E-state index contributed by atoms with van der Waals surface area (Å²) < 4.78 is 16.7. The van der Waals surface area contributed by atoms with Gasteiger partial charge in [0.25, 0.3) is 0 Å². The van der Waals surface area contributed by atoms with E-state index in [9.17, 15) is 0 Å². The molecule has 0 aromatic heterocycles. The second kappa shape index (κ2) is 26.5. The zero-order valence-corrected chi connectivity index (χ0v) is 26.9. The number of ether oxygens (including phenoxy) is 3. The highest BCUT2D eigenvalue weighted by Crippen LogP contribution is 2.17. The first kappa shape index (κ1) is 36.1. The first-order valence-corrected chi connectivity index (χ1v) is 16.8. The van der Waals surface area contributed by atoms with Crippen LogP contribution < -0.4 is 25.4 Å². The molecule has 0 amide bonds. The van der Waals surface area contributed by atoms with Gasteiger partial charge in [-0.25, -0.2) is 0 Å². The predicted octanol–water partition coefficient (Wildman–Crippen LogP) is 7.65. The molecule has 3 N–H and O–H groups in total. The first-order valence-electron chi connectivity index (χ1n) is 16.8. The van der Waals surface area contributed by atoms with Gasteiger partial charge in [0.1, 0.15) is 11.5 Å². The summed E-state index contributed by atoms with van der Waals surface area (Å²) in [6, 6.07) is 16.5. The van der Waals surface area contributed by atoms with Crippen LogP contribution >= 0.6 is 0 Å². The second-order valence-corrected chi connectivity index (χ2v) is 11.3. The van der Waals surface area contributed by atoms with Crippen LogP contribution in [0.2, 0.25) is 0 Å². The molecule has 0 fully saturated rings. The number of hydrogen-bond acceptors (Lipinski definition) is 6. The van der Waals surface area contributed by atoms with Crippen molar-refractivity contribution in [1.82, 2.24) is 16.0 Å². The van der Waals surface area contributed by atoms with E-state index in [0.29, 0.717) is 0 Å². The molecule has 238 valence electrons. The fourth-order valence-corrected chi connectivity index (χ4v) is 5.19. The fraction of sp³-hybridized carbons (Fsp3) is 0.667. The van der Waals surface area contributed by atoms with Crippen molar-refractivity contribution in [3.05, 3.63) is 59.7 Å². The molecule has 6 nitrogen and oxygen atoms in total. The van der Waals surface area contributed by atoms with Crippen LogP contribution in [0.1, 0.15) is 101 Å². The van der Waals surface area contributed by atoms with Crippen LogP contribution in [0.25, 0.3) is 0 Å². The Balaban J connectivity index is 1.21. The fourth-order valence-electron chi connectivity index (χ4n) is 5.19. The Morgan fingerprint density at radius 2 is 0.786 bits per heavy atom. The van der Waals surface area contributed by atoms with Crippen LogP contribution in [-0.4, -0.2) is 53.6 Å². The third kappa shape index (κ3) is 18.4. The molecule has 0 atom stereocenters. The normalized spacial score (nSPS) is 11.2. The van der Waals surface area contributed by atoms with Crippen molar-refractivity contribution in [1.29, 1.82) is 0 Å². The van der Waals surface area contributed by atoms with Gasteiger partial charge in [-0.2, -0.15) is 0 Å². The van der Waals surface area contributed by atoms with Crippen molar-refractivity contribution in [2.45, 2.75) is 103 Å². The Kier molecular flexibility index (Phi) is 22.8. The molecule has 0 bridgehead atoms. The van der Waals surface area contributed by atoms with Gasteiger partial charge in [-0.05, 0) is 76.8 Å². The first-order chi connectivity index (χ1) is 20.8. The average molecular weight is 584 g/mol. The highest BCUT2D eigenvalue weighted by molar-refractivity contribution is 5.33. The van der Waals surface area contributed by atoms with E-state index in [1.165, 1.54) is 108 Å². The zero-order chi connectivity index (χ0) is 29.8. The summed E-state index contributed by atoms with van der Waals surface area (Å²) in [6.07, 6.45) is 17.9. The van der Waals surface area contributed by atoms with Gasteiger partial charge < -0.3 is 30.2 Å². The van der Waals surface area contributed by atoms with Crippen LogP contribution in [-0.2, 0) is 17.8 Å². The van der Waals surface area contributed by atoms with Gasteiger partial charge in [-0.3, -0.25) is 0 Å². The summed E-state index contributed by atoms with van der Waals surface area (Å²) >= 11 is 0. The Hall–Kier alpha value is -2.12. The predicted molar refractivity (Wildman–Crippen MR) is 178 cm³/mol. The van der Waals surface area contributed by atoms with E-state index in [1.54, 1.807) is 14.2 Å². The molecular formula is C36H61N3O3. The van der Waals surface area contributed by atoms with Crippen molar-refractivity contribution in [2.24, 2.45) is 0 Å². The second-order valence-electron chi connectivity index (χ2n) is 11.3. The van der Waals surface area contributed by atoms with Gasteiger partial charge in [0.15, 0.2) is 0 Å². The Morgan fingerprint density at radius 3 is 1.21 bits per heavy atom. The Morgan fingerprint density at radius 1 is 0.429 bits per heavy atom. The summed E-state index contributed by atoms with van der Waals surface area (Å²) in [4.78, 5) is 0. The highest BCUT2D eigenvalue weighted by Gasteiger charge is 2.02. The van der Waals surface area contributed by atoms with E-state index in [0.717, 1.165) is 57.4 Å². The number of rotatable bonds is 29. The Bertz CT molecular complexity index is 808. The van der Waals surface area contributed by atoms with Gasteiger partial charge in [0, 0.05) is 37.4 Å². The number of hydrogen-bond donors (Lipinski definition) is 3. The average Bonchev–Trinajstić information content (AvgIpc) is 3.03. The molecule has 0 aliphatic rings. The van der Waals surface area contributed by atoms with E-state index in [-0.39, 0.29) is 0 Å². The highest BCUT2D eigenvalue weighted by atomic mass is 16.5. The van der Waals surface area contributed by atoms with Crippen LogP contribution in [0.3, 0.4) is 0 Å². The maximum absolute atomic E-state index is 5.84. The van der Waals surface area contributed by atoms with Crippen molar-refractivity contribution in [3.8, 4) is 11.5 Å². The zero-order valence-electron chi connectivity index (χ0n) is 26.9. The molecule has 0 saturated carbocycles. The quantitative estimate of drug-likeness (QED) is 0.0855. The van der Waals surface area contributed by atoms with Crippen molar-refractivity contribution < 1.29 is 14.2 Å². The molecule has 2 rings (SSSR count). The summed E-state index contributed by atoms with van der Waals surface area (Å²) in [5, 5.41) is 10.7. The lowest BCUT2D eigenvalue weighted by Gasteiger charge is -2.09. The minimum Gasteiger partial charge on any atom is -0.496 e. The van der Waals surface area contributed by atoms with Gasteiger partial charge in [-0.1, -0.05) is 87.8 Å². The number of methoxy groups -OCH3 is 2. The van der Waals surface area contributed by atoms with Crippen molar-refractivity contribution in [2.75, 3.05) is 53.6 Å². The molecule has 2 aromatic carbocycles. The summed E-state index contributed by atoms with van der Waals surface area (Å²) in [5.41, 5.74) is 2.46. The molecule has 2 aromatic rings. The molecular weight excluding hydrogens is 522 g/mol. The number of para-hydroxylation sites is 2. The third-order valence-corrected chi connectivity index (χ3v) is 7.76. The van der Waals surface area contributed by atoms with Gasteiger partial charge in [0.2, 0.25) is 0 Å². The lowest BCUT2D eigenvalue weighted by atomic mass is 10.1. The standard InChI is InChI=1S/C36H61N3O3/c1-40-35-23-13-11-21-33(35)31-38-27-17-7-6-16-26-37-25-15-5-3-4-9-19-29-42-30-20-10-8-18-28-39-32-34-22-12-14-24-36(34)41-2/h11-14,21-24,37-39H,3-10,15-20,25-32H2,1-2H3. The molecule has 0 unspecified atom stereocenters. The van der Waals surface area contributed by atoms with Gasteiger partial charge >= 0.3 is 0 Å². The third-order valence-electron chi connectivity index (χ3n) is 7.76. The van der Waals surface area contributed by atoms with Crippen molar-refractivity contribution in [3.63, 3.8) is 0 Å².